The Labute approximate surface area is 105 Å². The predicted molar refractivity (Wildman–Crippen MR) is 68.8 cm³/mol. The molecule has 0 spiro atoms. The van der Waals surface area contributed by atoms with E-state index in [0.717, 1.165) is 37.8 Å². The minimum atomic E-state index is 0.296. The number of nitrogens with zero attached hydrogens (tertiary/aromatic N) is 1. The second-order valence-electron chi connectivity index (χ2n) is 6.27. The van der Waals surface area contributed by atoms with Crippen LogP contribution in [0.25, 0.3) is 0 Å². The molecule has 2 atom stereocenters. The number of hydrogen-bond acceptors (Lipinski definition) is 3. The van der Waals surface area contributed by atoms with Crippen LogP contribution in [0.15, 0.2) is 0 Å². The largest absolute Gasteiger partial charge is 0.378 e. The van der Waals surface area contributed by atoms with Gasteiger partial charge < -0.3 is 10.5 Å². The normalized spacial score (nSPS) is 45.9. The maximum absolute atomic E-state index is 6.06. The monoisotopic (exact) mass is 238 g/mol. The van der Waals surface area contributed by atoms with Crippen molar-refractivity contribution < 1.29 is 4.74 Å². The third-order valence-electron chi connectivity index (χ3n) is 5.39. The Bertz CT molecular complexity index is 263. The van der Waals surface area contributed by atoms with Gasteiger partial charge in [0.05, 0.1) is 6.10 Å². The van der Waals surface area contributed by atoms with E-state index in [1.807, 2.05) is 0 Å². The number of fused-ring (bicyclic) bond motifs is 1. The predicted octanol–water partition coefficient (Wildman–Crippen LogP) is 1.61. The first-order chi connectivity index (χ1) is 8.27. The Balaban J connectivity index is 1.60. The van der Waals surface area contributed by atoms with E-state index >= 15 is 0 Å². The van der Waals surface area contributed by atoms with Gasteiger partial charge in [-0.15, -0.1) is 0 Å². The van der Waals surface area contributed by atoms with Crippen molar-refractivity contribution in [3.8, 4) is 0 Å². The summed E-state index contributed by atoms with van der Waals surface area (Å²) in [4.78, 5) is 2.71. The number of ether oxygens (including phenoxy) is 1. The van der Waals surface area contributed by atoms with E-state index in [1.54, 1.807) is 0 Å². The molecule has 17 heavy (non-hydrogen) atoms. The van der Waals surface area contributed by atoms with E-state index in [0.29, 0.717) is 11.6 Å². The van der Waals surface area contributed by atoms with Crippen LogP contribution in [0.1, 0.15) is 39.0 Å². The van der Waals surface area contributed by atoms with E-state index in [9.17, 15) is 0 Å². The van der Waals surface area contributed by atoms with Crippen LogP contribution in [-0.2, 0) is 4.74 Å². The summed E-state index contributed by atoms with van der Waals surface area (Å²) in [6, 6.07) is 0. The molecule has 0 aromatic heterocycles. The molecule has 2 aliphatic carbocycles. The lowest BCUT2D eigenvalue weighted by atomic mass is 9.72. The summed E-state index contributed by atoms with van der Waals surface area (Å²) in [6.45, 7) is 6.36. The fourth-order valence-corrected chi connectivity index (χ4v) is 4.32. The van der Waals surface area contributed by atoms with Crippen molar-refractivity contribution in [1.82, 2.24) is 4.90 Å². The molecule has 2 saturated carbocycles. The van der Waals surface area contributed by atoms with Gasteiger partial charge in [-0.25, -0.2) is 0 Å². The minimum Gasteiger partial charge on any atom is -0.378 e. The van der Waals surface area contributed by atoms with Gasteiger partial charge in [-0.2, -0.15) is 0 Å². The summed E-state index contributed by atoms with van der Waals surface area (Å²) in [6.07, 6.45) is 7.17. The molecule has 1 aliphatic heterocycles. The van der Waals surface area contributed by atoms with Crippen LogP contribution < -0.4 is 5.73 Å². The molecule has 1 heterocycles. The standard InChI is InChI=1S/C14H26N2O/c1-2-17-13-6-14(7-13,10-15)16-8-11-4-3-5-12(11)9-16/h11-13H,2-10,15H2,1H3. The first-order valence-corrected chi connectivity index (χ1v) is 7.34. The van der Waals surface area contributed by atoms with Crippen LogP contribution in [0, 0.1) is 11.8 Å². The lowest BCUT2D eigenvalue weighted by Crippen LogP contribution is -2.63. The van der Waals surface area contributed by atoms with Gasteiger partial charge in [-0.05, 0) is 44.4 Å². The highest BCUT2D eigenvalue weighted by Crippen LogP contribution is 2.46. The van der Waals surface area contributed by atoms with Crippen molar-refractivity contribution >= 4 is 0 Å². The van der Waals surface area contributed by atoms with E-state index in [1.165, 1.54) is 32.4 Å². The topological polar surface area (TPSA) is 38.5 Å². The summed E-state index contributed by atoms with van der Waals surface area (Å²) in [5, 5.41) is 0. The fourth-order valence-electron chi connectivity index (χ4n) is 4.32. The van der Waals surface area contributed by atoms with E-state index in [2.05, 4.69) is 11.8 Å². The molecule has 3 fully saturated rings. The summed E-state index contributed by atoms with van der Waals surface area (Å²) < 4.78 is 5.71. The SMILES string of the molecule is CCOC1CC(CN)(N2CC3CCCC3C2)C1. The van der Waals surface area contributed by atoms with Gasteiger partial charge in [0.1, 0.15) is 0 Å². The molecule has 2 unspecified atom stereocenters. The molecule has 3 rings (SSSR count). The van der Waals surface area contributed by atoms with Gasteiger partial charge in [-0.3, -0.25) is 4.90 Å². The molecule has 0 bridgehead atoms. The summed E-state index contributed by atoms with van der Waals surface area (Å²) in [5.74, 6) is 1.95. The van der Waals surface area contributed by atoms with Gasteiger partial charge in [0.15, 0.2) is 0 Å². The molecule has 0 aromatic carbocycles. The van der Waals surface area contributed by atoms with Crippen molar-refractivity contribution in [2.24, 2.45) is 17.6 Å². The second-order valence-corrected chi connectivity index (χ2v) is 6.27. The van der Waals surface area contributed by atoms with Crippen LogP contribution in [0.3, 0.4) is 0 Å². The lowest BCUT2D eigenvalue weighted by molar-refractivity contribution is -0.0952. The third kappa shape index (κ3) is 1.92. The van der Waals surface area contributed by atoms with Crippen LogP contribution in [-0.4, -0.2) is 42.8 Å². The number of likely N-dealkylation sites (tertiary alicyclic amines) is 1. The van der Waals surface area contributed by atoms with E-state index in [-0.39, 0.29) is 0 Å². The zero-order valence-electron chi connectivity index (χ0n) is 11.0. The van der Waals surface area contributed by atoms with E-state index < -0.39 is 0 Å². The highest BCUT2D eigenvalue weighted by Gasteiger charge is 2.52. The van der Waals surface area contributed by atoms with Crippen LogP contribution in [0.4, 0.5) is 0 Å². The first-order valence-electron chi connectivity index (χ1n) is 7.34. The molecule has 3 aliphatic rings. The van der Waals surface area contributed by atoms with Crippen LogP contribution in [0.5, 0.6) is 0 Å². The highest BCUT2D eigenvalue weighted by atomic mass is 16.5. The highest BCUT2D eigenvalue weighted by molar-refractivity contribution is 5.07. The van der Waals surface area contributed by atoms with Gasteiger partial charge in [-0.1, -0.05) is 6.42 Å². The Morgan fingerprint density at radius 2 is 1.88 bits per heavy atom. The molecule has 3 heteroatoms. The second kappa shape index (κ2) is 4.52. The van der Waals surface area contributed by atoms with Crippen molar-refractivity contribution in [2.45, 2.75) is 50.7 Å². The average Bonchev–Trinajstić information content (AvgIpc) is 2.82. The van der Waals surface area contributed by atoms with Gasteiger partial charge >= 0.3 is 0 Å². The number of hydrogen-bond donors (Lipinski definition) is 1. The van der Waals surface area contributed by atoms with Crippen LogP contribution in [0.2, 0.25) is 0 Å². The van der Waals surface area contributed by atoms with Crippen LogP contribution >= 0.6 is 0 Å². The van der Waals surface area contributed by atoms with E-state index in [4.69, 9.17) is 10.5 Å². The Morgan fingerprint density at radius 3 is 2.41 bits per heavy atom. The zero-order chi connectivity index (χ0) is 11.9. The quantitative estimate of drug-likeness (QED) is 0.809. The summed E-state index contributed by atoms with van der Waals surface area (Å²) in [7, 11) is 0. The fraction of sp³-hybridized carbons (Fsp3) is 1.00. The number of nitrogens with two attached hydrogens (primary N) is 1. The molecule has 0 radical (unpaired) electrons. The molecule has 3 nitrogen and oxygen atoms in total. The molecule has 0 amide bonds. The van der Waals surface area contributed by atoms with Crippen molar-refractivity contribution in [2.75, 3.05) is 26.2 Å². The molecule has 0 aromatic rings. The Kier molecular flexibility index (Phi) is 3.18. The molecular formula is C14H26N2O. The van der Waals surface area contributed by atoms with Gasteiger partial charge in [0.2, 0.25) is 0 Å². The zero-order valence-corrected chi connectivity index (χ0v) is 11.0. The average molecular weight is 238 g/mol. The molecule has 2 N–H and O–H groups in total. The first kappa shape index (κ1) is 11.9. The maximum atomic E-state index is 6.06. The number of rotatable bonds is 4. The summed E-state index contributed by atoms with van der Waals surface area (Å²) in [5.41, 5.74) is 6.36. The summed E-state index contributed by atoms with van der Waals surface area (Å²) >= 11 is 0. The van der Waals surface area contributed by atoms with Crippen molar-refractivity contribution in [3.63, 3.8) is 0 Å². The minimum absolute atomic E-state index is 0.296. The smallest absolute Gasteiger partial charge is 0.0611 e. The molecular weight excluding hydrogens is 212 g/mol. The van der Waals surface area contributed by atoms with Crippen molar-refractivity contribution in [3.05, 3.63) is 0 Å². The Hall–Kier alpha value is -0.120. The Morgan fingerprint density at radius 1 is 1.24 bits per heavy atom. The van der Waals surface area contributed by atoms with Gasteiger partial charge in [0, 0.05) is 31.8 Å². The van der Waals surface area contributed by atoms with Gasteiger partial charge in [0.25, 0.3) is 0 Å². The third-order valence-corrected chi connectivity index (χ3v) is 5.39. The molecule has 1 saturated heterocycles. The van der Waals surface area contributed by atoms with Crippen molar-refractivity contribution in [1.29, 1.82) is 0 Å². The lowest BCUT2D eigenvalue weighted by Gasteiger charge is -2.52. The maximum Gasteiger partial charge on any atom is 0.0611 e. The molecule has 98 valence electrons.